The summed E-state index contributed by atoms with van der Waals surface area (Å²) in [5, 5.41) is 19.0. The van der Waals surface area contributed by atoms with Crippen molar-refractivity contribution in [2.75, 3.05) is 18.1 Å². The Bertz CT molecular complexity index is 454. The van der Waals surface area contributed by atoms with Gasteiger partial charge in [-0.25, -0.2) is 0 Å². The summed E-state index contributed by atoms with van der Waals surface area (Å²) in [6.45, 7) is 1.11. The molecule has 1 atom stereocenters. The second-order valence-electron chi connectivity index (χ2n) is 4.63. The van der Waals surface area contributed by atoms with E-state index in [4.69, 9.17) is 16.7 Å². The van der Waals surface area contributed by atoms with Crippen molar-refractivity contribution < 1.29 is 5.11 Å². The van der Waals surface area contributed by atoms with Crippen LogP contribution in [0.2, 0.25) is 5.02 Å². The first-order valence-electron chi connectivity index (χ1n) is 6.33. The quantitative estimate of drug-likeness (QED) is 0.913. The van der Waals surface area contributed by atoms with E-state index in [9.17, 15) is 5.26 Å². The van der Waals surface area contributed by atoms with Crippen molar-refractivity contribution in [1.29, 1.82) is 5.26 Å². The molecule has 1 aliphatic heterocycles. The molecule has 1 fully saturated rings. The molecule has 18 heavy (non-hydrogen) atoms. The molecule has 1 aliphatic rings. The summed E-state index contributed by atoms with van der Waals surface area (Å²) < 4.78 is 0. The average Bonchev–Trinajstić information content (AvgIpc) is 2.40. The van der Waals surface area contributed by atoms with Crippen molar-refractivity contribution in [2.24, 2.45) is 0 Å². The lowest BCUT2D eigenvalue weighted by Crippen LogP contribution is -2.40. The van der Waals surface area contributed by atoms with Gasteiger partial charge in [-0.2, -0.15) is 5.26 Å². The van der Waals surface area contributed by atoms with Crippen LogP contribution in [-0.2, 0) is 0 Å². The van der Waals surface area contributed by atoms with E-state index >= 15 is 0 Å². The van der Waals surface area contributed by atoms with Gasteiger partial charge < -0.3 is 10.0 Å². The lowest BCUT2D eigenvalue weighted by atomic mass is 9.97. The summed E-state index contributed by atoms with van der Waals surface area (Å²) in [7, 11) is 0. The fraction of sp³-hybridized carbons (Fsp3) is 0.500. The third-order valence-corrected chi connectivity index (χ3v) is 3.71. The van der Waals surface area contributed by atoms with Gasteiger partial charge in [-0.15, -0.1) is 0 Å². The molecule has 0 bridgehead atoms. The minimum atomic E-state index is 0.184. The Balaban J connectivity index is 2.33. The summed E-state index contributed by atoms with van der Waals surface area (Å²) in [5.74, 6) is 0. The van der Waals surface area contributed by atoms with Crippen LogP contribution in [0.25, 0.3) is 0 Å². The fourth-order valence-corrected chi connectivity index (χ4v) is 2.77. The number of nitrogens with zero attached hydrogens (tertiary/aromatic N) is 2. The average molecular weight is 265 g/mol. The van der Waals surface area contributed by atoms with Crippen molar-refractivity contribution in [2.45, 2.75) is 31.7 Å². The highest BCUT2D eigenvalue weighted by molar-refractivity contribution is 6.30. The van der Waals surface area contributed by atoms with Crippen LogP contribution in [0.3, 0.4) is 0 Å². The number of nitriles is 1. The summed E-state index contributed by atoms with van der Waals surface area (Å²) in [5.41, 5.74) is 1.56. The van der Waals surface area contributed by atoms with Gasteiger partial charge in [0.25, 0.3) is 0 Å². The van der Waals surface area contributed by atoms with Gasteiger partial charge >= 0.3 is 0 Å². The van der Waals surface area contributed by atoms with Gasteiger partial charge in [-0.3, -0.25) is 0 Å². The van der Waals surface area contributed by atoms with Crippen LogP contribution in [0.15, 0.2) is 18.2 Å². The van der Waals surface area contributed by atoms with Crippen LogP contribution in [0.4, 0.5) is 5.69 Å². The molecule has 1 aromatic rings. The van der Waals surface area contributed by atoms with E-state index in [1.165, 1.54) is 6.42 Å². The first kappa shape index (κ1) is 13.2. The largest absolute Gasteiger partial charge is 0.396 e. The summed E-state index contributed by atoms with van der Waals surface area (Å²) in [6, 6.07) is 7.90. The molecule has 1 unspecified atom stereocenters. The second kappa shape index (κ2) is 6.08. The summed E-state index contributed by atoms with van der Waals surface area (Å²) in [6.07, 6.45) is 4.12. The zero-order chi connectivity index (χ0) is 13.0. The predicted octanol–water partition coefficient (Wildman–Crippen LogP) is 2.95. The molecular formula is C14H17ClN2O. The Hall–Kier alpha value is -1.24. The van der Waals surface area contributed by atoms with Gasteiger partial charge in [0, 0.05) is 24.2 Å². The first-order valence-corrected chi connectivity index (χ1v) is 6.71. The summed E-state index contributed by atoms with van der Waals surface area (Å²) >= 11 is 6.03. The molecule has 1 saturated heterocycles. The van der Waals surface area contributed by atoms with Gasteiger partial charge in [-0.05, 0) is 43.9 Å². The van der Waals surface area contributed by atoms with Crippen molar-refractivity contribution in [3.05, 3.63) is 28.8 Å². The number of aliphatic hydroxyl groups is 1. The smallest absolute Gasteiger partial charge is 0.101 e. The number of benzene rings is 1. The van der Waals surface area contributed by atoms with E-state index in [0.29, 0.717) is 16.6 Å². The molecule has 1 N–H and O–H groups in total. The molecule has 0 amide bonds. The molecule has 4 heteroatoms. The minimum Gasteiger partial charge on any atom is -0.396 e. The maximum Gasteiger partial charge on any atom is 0.101 e. The van der Waals surface area contributed by atoms with Crippen LogP contribution < -0.4 is 4.90 Å². The van der Waals surface area contributed by atoms with Crippen LogP contribution >= 0.6 is 11.6 Å². The van der Waals surface area contributed by atoms with Crippen molar-refractivity contribution in [3.63, 3.8) is 0 Å². The molecule has 1 aromatic carbocycles. The summed E-state index contributed by atoms with van der Waals surface area (Å²) in [4.78, 5) is 2.23. The normalized spacial score (nSPS) is 19.6. The zero-order valence-corrected chi connectivity index (χ0v) is 11.0. The van der Waals surface area contributed by atoms with E-state index in [2.05, 4.69) is 11.0 Å². The Labute approximate surface area is 113 Å². The van der Waals surface area contributed by atoms with Crippen LogP contribution in [0.1, 0.15) is 31.2 Å². The van der Waals surface area contributed by atoms with Gasteiger partial charge in [0.05, 0.1) is 11.3 Å². The third kappa shape index (κ3) is 2.77. The molecule has 0 aliphatic carbocycles. The Kier molecular flexibility index (Phi) is 4.46. The van der Waals surface area contributed by atoms with E-state index in [-0.39, 0.29) is 6.61 Å². The lowest BCUT2D eigenvalue weighted by Gasteiger charge is -2.38. The van der Waals surface area contributed by atoms with E-state index in [1.54, 1.807) is 12.1 Å². The zero-order valence-electron chi connectivity index (χ0n) is 10.3. The molecule has 3 nitrogen and oxygen atoms in total. The lowest BCUT2D eigenvalue weighted by molar-refractivity contribution is 0.262. The van der Waals surface area contributed by atoms with Gasteiger partial charge in [0.2, 0.25) is 0 Å². The Morgan fingerprint density at radius 1 is 1.44 bits per heavy atom. The monoisotopic (exact) mass is 264 g/mol. The Morgan fingerprint density at radius 3 is 3.00 bits per heavy atom. The number of hydrogen-bond acceptors (Lipinski definition) is 3. The van der Waals surface area contributed by atoms with Gasteiger partial charge in [0.1, 0.15) is 6.07 Å². The minimum absolute atomic E-state index is 0.184. The number of rotatable bonds is 3. The second-order valence-corrected chi connectivity index (χ2v) is 5.06. The molecule has 96 valence electrons. The number of aliphatic hydroxyl groups excluding tert-OH is 1. The molecule has 0 radical (unpaired) electrons. The molecule has 0 spiro atoms. The predicted molar refractivity (Wildman–Crippen MR) is 72.9 cm³/mol. The van der Waals surface area contributed by atoms with E-state index in [1.807, 2.05) is 6.07 Å². The SMILES string of the molecule is N#Cc1ccc(Cl)cc1N1CCCCC1CCO. The topological polar surface area (TPSA) is 47.3 Å². The van der Waals surface area contributed by atoms with Gasteiger partial charge in [-0.1, -0.05) is 11.6 Å². The molecular weight excluding hydrogens is 248 g/mol. The maximum absolute atomic E-state index is 9.19. The third-order valence-electron chi connectivity index (χ3n) is 3.48. The van der Waals surface area contributed by atoms with Gasteiger partial charge in [0.15, 0.2) is 0 Å². The Morgan fingerprint density at radius 2 is 2.28 bits per heavy atom. The van der Waals surface area contributed by atoms with E-state index < -0.39 is 0 Å². The number of anilines is 1. The van der Waals surface area contributed by atoms with Crippen molar-refractivity contribution in [1.82, 2.24) is 0 Å². The van der Waals surface area contributed by atoms with Crippen LogP contribution in [-0.4, -0.2) is 24.3 Å². The standard InChI is InChI=1S/C14H17ClN2O/c15-12-5-4-11(10-16)14(9-12)17-7-2-1-3-13(17)6-8-18/h4-5,9,13,18H,1-3,6-8H2. The fourth-order valence-electron chi connectivity index (χ4n) is 2.60. The highest BCUT2D eigenvalue weighted by Crippen LogP contribution is 2.31. The van der Waals surface area contributed by atoms with Crippen molar-refractivity contribution >= 4 is 17.3 Å². The number of piperidine rings is 1. The molecule has 2 rings (SSSR count). The molecule has 1 heterocycles. The van der Waals surface area contributed by atoms with Crippen LogP contribution in [0, 0.1) is 11.3 Å². The van der Waals surface area contributed by atoms with Crippen molar-refractivity contribution in [3.8, 4) is 6.07 Å². The number of halogens is 1. The first-order chi connectivity index (χ1) is 8.76. The highest BCUT2D eigenvalue weighted by Gasteiger charge is 2.24. The maximum atomic E-state index is 9.19. The highest BCUT2D eigenvalue weighted by atomic mass is 35.5. The van der Waals surface area contributed by atoms with Crippen LogP contribution in [0.5, 0.6) is 0 Å². The van der Waals surface area contributed by atoms with E-state index in [0.717, 1.165) is 31.5 Å². The number of hydrogen-bond donors (Lipinski definition) is 1. The molecule has 0 aromatic heterocycles. The molecule has 0 saturated carbocycles.